The highest BCUT2D eigenvalue weighted by atomic mass is 79.9. The highest BCUT2D eigenvalue weighted by Gasteiger charge is 2.16. The first-order valence-corrected chi connectivity index (χ1v) is 10.7. The van der Waals surface area contributed by atoms with Crippen LogP contribution in [0.1, 0.15) is 51.5 Å². The summed E-state index contributed by atoms with van der Waals surface area (Å²) in [5, 5.41) is 0. The van der Waals surface area contributed by atoms with Crippen molar-refractivity contribution in [3.05, 3.63) is 22.2 Å². The molecule has 1 heterocycles. The summed E-state index contributed by atoms with van der Waals surface area (Å²) in [5.41, 5.74) is 1.25. The molecule has 134 valence electrons. The number of hydrogen-bond acceptors (Lipinski definition) is 4. The first-order chi connectivity index (χ1) is 11.6. The molecule has 0 saturated heterocycles. The van der Waals surface area contributed by atoms with Crippen LogP contribution < -0.4 is 4.74 Å². The molecule has 24 heavy (non-hydrogen) atoms. The molecular weight excluding hydrogens is 388 g/mol. The maximum atomic E-state index is 11.9. The van der Waals surface area contributed by atoms with Crippen molar-refractivity contribution in [3.8, 4) is 5.75 Å². The van der Waals surface area contributed by atoms with E-state index in [-0.39, 0.29) is 5.97 Å². The number of carbonyl (C=O) groups excluding carboxylic acids is 1. The molecule has 1 aliphatic rings. The Morgan fingerprint density at radius 1 is 1.42 bits per heavy atom. The number of fused-ring (bicyclic) bond motifs is 1. The quantitative estimate of drug-likeness (QED) is 0.367. The topological polar surface area (TPSA) is 35.5 Å². The van der Waals surface area contributed by atoms with Crippen molar-refractivity contribution < 1.29 is 14.3 Å². The number of halogens is 1. The van der Waals surface area contributed by atoms with Gasteiger partial charge in [-0.05, 0) is 46.0 Å². The molecular formula is C19H27BrO3S. The molecule has 1 aromatic carbocycles. The maximum absolute atomic E-state index is 11.9. The Kier molecular flexibility index (Phi) is 8.46. The number of rotatable bonds is 10. The van der Waals surface area contributed by atoms with E-state index in [1.165, 1.54) is 23.3 Å². The van der Waals surface area contributed by atoms with Gasteiger partial charge in [0, 0.05) is 21.5 Å². The summed E-state index contributed by atoms with van der Waals surface area (Å²) in [7, 11) is 0. The van der Waals surface area contributed by atoms with Crippen LogP contribution in [0, 0.1) is 5.92 Å². The fourth-order valence-corrected chi connectivity index (χ4v) is 4.29. The van der Waals surface area contributed by atoms with Crippen LogP contribution in [-0.4, -0.2) is 24.9 Å². The van der Waals surface area contributed by atoms with Crippen molar-refractivity contribution in [3.63, 3.8) is 0 Å². The van der Waals surface area contributed by atoms with E-state index in [4.69, 9.17) is 9.47 Å². The lowest BCUT2D eigenvalue weighted by Crippen LogP contribution is -2.14. The van der Waals surface area contributed by atoms with E-state index in [0.29, 0.717) is 18.9 Å². The second-order valence-corrected chi connectivity index (χ2v) is 8.18. The first kappa shape index (κ1) is 19.6. The number of unbranched alkanes of at least 4 members (excludes halogenated alkanes) is 1. The van der Waals surface area contributed by atoms with E-state index in [1.807, 2.05) is 6.07 Å². The molecule has 0 aliphatic carbocycles. The highest BCUT2D eigenvalue weighted by Crippen LogP contribution is 2.36. The molecule has 1 atom stereocenters. The van der Waals surface area contributed by atoms with Crippen LogP contribution in [0.2, 0.25) is 0 Å². The van der Waals surface area contributed by atoms with Gasteiger partial charge in [0.2, 0.25) is 0 Å². The molecule has 0 radical (unpaired) electrons. The molecule has 0 saturated carbocycles. The minimum absolute atomic E-state index is 0.0851. The number of ether oxygens (including phenoxy) is 2. The summed E-state index contributed by atoms with van der Waals surface area (Å²) in [4.78, 5) is 13.1. The Morgan fingerprint density at radius 3 is 3.00 bits per heavy atom. The summed E-state index contributed by atoms with van der Waals surface area (Å²) in [6.45, 7) is 5.69. The molecule has 1 aromatic rings. The monoisotopic (exact) mass is 414 g/mol. The number of carbonyl (C=O) groups is 1. The van der Waals surface area contributed by atoms with Gasteiger partial charge in [0.25, 0.3) is 0 Å². The number of thioether (sulfide) groups is 1. The number of benzene rings is 1. The van der Waals surface area contributed by atoms with E-state index < -0.39 is 0 Å². The van der Waals surface area contributed by atoms with Gasteiger partial charge < -0.3 is 9.47 Å². The van der Waals surface area contributed by atoms with Gasteiger partial charge in [-0.1, -0.05) is 33.1 Å². The Hall–Kier alpha value is -0.680. The van der Waals surface area contributed by atoms with Gasteiger partial charge in [0.15, 0.2) is 0 Å². The Balaban J connectivity index is 1.71. The van der Waals surface area contributed by atoms with Crippen molar-refractivity contribution in [2.75, 3.05) is 19.0 Å². The second-order valence-electron chi connectivity index (χ2n) is 6.19. The third kappa shape index (κ3) is 5.99. The van der Waals surface area contributed by atoms with Crippen LogP contribution in [0.5, 0.6) is 5.75 Å². The van der Waals surface area contributed by atoms with Crippen molar-refractivity contribution in [1.82, 2.24) is 0 Å². The van der Waals surface area contributed by atoms with E-state index in [1.54, 1.807) is 11.8 Å². The summed E-state index contributed by atoms with van der Waals surface area (Å²) in [6.07, 6.45) is 6.05. The lowest BCUT2D eigenvalue weighted by Gasteiger charge is -2.14. The van der Waals surface area contributed by atoms with Crippen LogP contribution >= 0.6 is 27.7 Å². The van der Waals surface area contributed by atoms with Crippen LogP contribution in [0.4, 0.5) is 0 Å². The summed E-state index contributed by atoms with van der Waals surface area (Å²) in [6, 6.07) is 4.20. The predicted molar refractivity (Wildman–Crippen MR) is 103 cm³/mol. The molecule has 2 rings (SSSR count). The number of hydrogen-bond donors (Lipinski definition) is 0. The normalized spacial score (nSPS) is 14.1. The molecule has 5 heteroatoms. The summed E-state index contributed by atoms with van der Waals surface area (Å²) in [5.74, 6) is 2.14. The molecule has 0 spiro atoms. The van der Waals surface area contributed by atoms with Crippen molar-refractivity contribution in [2.45, 2.75) is 57.3 Å². The zero-order valence-electron chi connectivity index (χ0n) is 14.6. The largest absolute Gasteiger partial charge is 0.493 e. The van der Waals surface area contributed by atoms with E-state index in [2.05, 4.69) is 35.8 Å². The molecule has 1 aliphatic heterocycles. The average molecular weight is 415 g/mol. The SMILES string of the molecule is CCCCC(CC)COC(=O)CCSc1cc2c(cc1Br)OCC2. The zero-order valence-corrected chi connectivity index (χ0v) is 17.0. The van der Waals surface area contributed by atoms with Gasteiger partial charge in [-0.3, -0.25) is 4.79 Å². The molecule has 3 nitrogen and oxygen atoms in total. The van der Waals surface area contributed by atoms with E-state index in [9.17, 15) is 4.79 Å². The van der Waals surface area contributed by atoms with Gasteiger partial charge in [-0.25, -0.2) is 0 Å². The van der Waals surface area contributed by atoms with Crippen molar-refractivity contribution in [2.24, 2.45) is 5.92 Å². The van der Waals surface area contributed by atoms with Gasteiger partial charge in [-0.2, -0.15) is 0 Å². The minimum atomic E-state index is -0.0851. The van der Waals surface area contributed by atoms with Crippen molar-refractivity contribution >= 4 is 33.7 Å². The molecule has 0 N–H and O–H groups in total. The van der Waals surface area contributed by atoms with Crippen LogP contribution in [0.25, 0.3) is 0 Å². The lowest BCUT2D eigenvalue weighted by atomic mass is 10.0. The highest BCUT2D eigenvalue weighted by molar-refractivity contribution is 9.10. The molecule has 0 amide bonds. The Bertz CT molecular complexity index is 548. The van der Waals surface area contributed by atoms with Gasteiger partial charge in [0.1, 0.15) is 5.75 Å². The second kappa shape index (κ2) is 10.3. The number of esters is 1. The van der Waals surface area contributed by atoms with E-state index >= 15 is 0 Å². The Labute approximate surface area is 158 Å². The molecule has 1 unspecified atom stereocenters. The molecule has 0 aromatic heterocycles. The van der Waals surface area contributed by atoms with Crippen LogP contribution in [0.3, 0.4) is 0 Å². The van der Waals surface area contributed by atoms with Crippen LogP contribution in [-0.2, 0) is 16.0 Å². The van der Waals surface area contributed by atoms with Gasteiger partial charge in [0.05, 0.1) is 19.6 Å². The van der Waals surface area contributed by atoms with E-state index in [0.717, 1.165) is 41.8 Å². The van der Waals surface area contributed by atoms with Crippen LogP contribution in [0.15, 0.2) is 21.5 Å². The zero-order chi connectivity index (χ0) is 17.4. The lowest BCUT2D eigenvalue weighted by molar-refractivity contribution is -0.144. The minimum Gasteiger partial charge on any atom is -0.493 e. The molecule has 0 fully saturated rings. The average Bonchev–Trinajstić information content (AvgIpc) is 3.02. The van der Waals surface area contributed by atoms with Gasteiger partial charge in [-0.15, -0.1) is 11.8 Å². The first-order valence-electron chi connectivity index (χ1n) is 8.87. The fraction of sp³-hybridized carbons (Fsp3) is 0.632. The third-order valence-electron chi connectivity index (χ3n) is 4.33. The Morgan fingerprint density at radius 2 is 2.25 bits per heavy atom. The molecule has 0 bridgehead atoms. The predicted octanol–water partition coefficient (Wildman–Crippen LogP) is 5.63. The fourth-order valence-electron chi connectivity index (χ4n) is 2.71. The summed E-state index contributed by atoms with van der Waals surface area (Å²) >= 11 is 5.28. The van der Waals surface area contributed by atoms with Gasteiger partial charge >= 0.3 is 5.97 Å². The maximum Gasteiger partial charge on any atom is 0.306 e. The van der Waals surface area contributed by atoms with Crippen molar-refractivity contribution in [1.29, 1.82) is 0 Å². The summed E-state index contributed by atoms with van der Waals surface area (Å²) < 4.78 is 12.0. The standard InChI is InChI=1S/C19H27BrO3S/c1-3-5-6-14(4-2)13-23-19(21)8-10-24-18-11-15-7-9-22-17(15)12-16(18)20/h11-12,14H,3-10,13H2,1-2H3. The third-order valence-corrected chi connectivity index (χ3v) is 6.31. The smallest absolute Gasteiger partial charge is 0.306 e.